The fourth-order valence-corrected chi connectivity index (χ4v) is 6.61. The van der Waals surface area contributed by atoms with Gasteiger partial charge in [0.15, 0.2) is 0 Å². The third-order valence-corrected chi connectivity index (χ3v) is 8.86. The molecule has 2 aromatic rings. The predicted octanol–water partition coefficient (Wildman–Crippen LogP) is 3.43. The Labute approximate surface area is 182 Å². The quantitative estimate of drug-likeness (QED) is 0.512. The summed E-state index contributed by atoms with van der Waals surface area (Å²) >= 11 is 0. The summed E-state index contributed by atoms with van der Waals surface area (Å²) in [5.74, 6) is 0.288. The van der Waals surface area contributed by atoms with Crippen LogP contribution in [0.4, 0.5) is 11.4 Å². The maximum Gasteiger partial charge on any atom is 0.271 e. The minimum atomic E-state index is -4.11. The third-order valence-electron chi connectivity index (χ3n) is 5.47. The molecule has 1 saturated heterocycles. The molecule has 1 N–H and O–H groups in total. The van der Waals surface area contributed by atoms with Crippen molar-refractivity contribution in [2.45, 2.75) is 43.4 Å². The average Bonchev–Trinajstić information content (AvgIpc) is 2.69. The molecule has 9 nitrogen and oxygen atoms in total. The largest absolute Gasteiger partial charge is 0.280 e. The van der Waals surface area contributed by atoms with Gasteiger partial charge in [0.05, 0.1) is 14.7 Å². The van der Waals surface area contributed by atoms with Crippen molar-refractivity contribution in [2.24, 2.45) is 5.92 Å². The summed E-state index contributed by atoms with van der Waals surface area (Å²) < 4.78 is 55.3. The number of piperidine rings is 1. The Morgan fingerprint density at radius 1 is 1.10 bits per heavy atom. The monoisotopic (exact) mass is 467 g/mol. The Balaban J connectivity index is 1.87. The molecule has 0 amide bonds. The number of nitrogens with zero attached hydrogens (tertiary/aromatic N) is 2. The lowest BCUT2D eigenvalue weighted by Gasteiger charge is -2.30. The van der Waals surface area contributed by atoms with Crippen LogP contribution in [0.2, 0.25) is 0 Å². The number of aryl methyl sites for hydroxylation is 1. The van der Waals surface area contributed by atoms with E-state index in [4.69, 9.17) is 0 Å². The van der Waals surface area contributed by atoms with Gasteiger partial charge in [-0.15, -0.1) is 0 Å². The molecule has 2 aromatic carbocycles. The van der Waals surface area contributed by atoms with Crippen molar-refractivity contribution in [1.82, 2.24) is 4.31 Å². The SMILES string of the molecule is Cc1cc([N+](=O)[O-])cc(S(=O)(=O)Nc2ccc(S(=O)(=O)N3CCCC(C)C3)cc2)c1C. The van der Waals surface area contributed by atoms with Crippen LogP contribution in [0.5, 0.6) is 0 Å². The molecule has 1 atom stereocenters. The summed E-state index contributed by atoms with van der Waals surface area (Å²) in [5.41, 5.74) is 0.721. The first-order valence-electron chi connectivity index (χ1n) is 9.80. The van der Waals surface area contributed by atoms with Crippen LogP contribution >= 0.6 is 0 Å². The molecule has 3 rings (SSSR count). The van der Waals surface area contributed by atoms with Gasteiger partial charge in [-0.1, -0.05) is 6.92 Å². The molecular formula is C20H25N3O6S2. The highest BCUT2D eigenvalue weighted by molar-refractivity contribution is 7.92. The van der Waals surface area contributed by atoms with E-state index in [1.54, 1.807) is 13.8 Å². The number of nitro benzene ring substituents is 1. The molecule has 0 aliphatic carbocycles. The number of hydrogen-bond donors (Lipinski definition) is 1. The van der Waals surface area contributed by atoms with Crippen molar-refractivity contribution in [1.29, 1.82) is 0 Å². The third kappa shape index (κ3) is 4.89. The Bertz CT molecular complexity index is 1210. The van der Waals surface area contributed by atoms with Gasteiger partial charge in [-0.2, -0.15) is 4.31 Å². The molecule has 0 bridgehead atoms. The second-order valence-electron chi connectivity index (χ2n) is 7.88. The molecule has 0 radical (unpaired) electrons. The molecule has 0 spiro atoms. The van der Waals surface area contributed by atoms with Gasteiger partial charge in [0, 0.05) is 30.9 Å². The van der Waals surface area contributed by atoms with E-state index in [0.29, 0.717) is 24.2 Å². The van der Waals surface area contributed by atoms with Crippen LogP contribution < -0.4 is 4.72 Å². The zero-order valence-electron chi connectivity index (χ0n) is 17.5. The molecule has 0 aromatic heterocycles. The highest BCUT2D eigenvalue weighted by Crippen LogP contribution is 2.28. The number of non-ortho nitro benzene ring substituents is 1. The maximum absolute atomic E-state index is 12.9. The van der Waals surface area contributed by atoms with Crippen LogP contribution in [0.3, 0.4) is 0 Å². The van der Waals surface area contributed by atoms with Crippen molar-refractivity contribution in [2.75, 3.05) is 17.8 Å². The standard InChI is InChI=1S/C20H25N3O6S2/c1-14-5-4-10-22(13-14)31(28,29)19-8-6-17(7-9-19)21-30(26,27)20-12-18(23(24)25)11-15(2)16(20)3/h6-9,11-12,14,21H,4-5,10,13H2,1-3H3. The lowest BCUT2D eigenvalue weighted by molar-refractivity contribution is -0.385. The first kappa shape index (κ1) is 23.2. The number of rotatable bonds is 6. The first-order valence-corrected chi connectivity index (χ1v) is 12.7. The van der Waals surface area contributed by atoms with Crippen LogP contribution in [0.25, 0.3) is 0 Å². The zero-order valence-corrected chi connectivity index (χ0v) is 19.2. The van der Waals surface area contributed by atoms with Crippen LogP contribution in [0, 0.1) is 29.9 Å². The van der Waals surface area contributed by atoms with E-state index in [9.17, 15) is 26.9 Å². The molecule has 11 heteroatoms. The summed E-state index contributed by atoms with van der Waals surface area (Å²) in [7, 11) is -7.77. The zero-order chi connectivity index (χ0) is 23.0. The van der Waals surface area contributed by atoms with Gasteiger partial charge >= 0.3 is 0 Å². The van der Waals surface area contributed by atoms with E-state index in [1.807, 2.05) is 6.92 Å². The van der Waals surface area contributed by atoms with Crippen molar-refractivity contribution in [3.63, 3.8) is 0 Å². The van der Waals surface area contributed by atoms with Crippen LogP contribution in [0.15, 0.2) is 46.2 Å². The fourth-order valence-electron chi connectivity index (χ4n) is 3.61. The number of anilines is 1. The Morgan fingerprint density at radius 3 is 2.32 bits per heavy atom. The molecule has 0 saturated carbocycles. The molecule has 1 aliphatic rings. The summed E-state index contributed by atoms with van der Waals surface area (Å²) in [5, 5.41) is 11.1. The minimum Gasteiger partial charge on any atom is -0.280 e. The van der Waals surface area contributed by atoms with Gasteiger partial charge in [-0.25, -0.2) is 16.8 Å². The molecule has 1 aliphatic heterocycles. The molecule has 168 valence electrons. The van der Waals surface area contributed by atoms with Crippen molar-refractivity contribution in [3.05, 3.63) is 57.6 Å². The summed E-state index contributed by atoms with van der Waals surface area (Å²) in [4.78, 5) is 10.4. The van der Waals surface area contributed by atoms with Gasteiger partial charge in [0.25, 0.3) is 15.7 Å². The summed E-state index contributed by atoms with van der Waals surface area (Å²) in [6, 6.07) is 7.79. The minimum absolute atomic E-state index is 0.0897. The second kappa shape index (κ2) is 8.56. The summed E-state index contributed by atoms with van der Waals surface area (Å²) in [6.45, 7) is 6.11. The van der Waals surface area contributed by atoms with Crippen LogP contribution in [-0.4, -0.2) is 39.2 Å². The Kier molecular flexibility index (Phi) is 6.40. The number of nitro groups is 1. The number of nitrogens with one attached hydrogen (secondary N) is 1. The Morgan fingerprint density at radius 2 is 1.74 bits per heavy atom. The lowest BCUT2D eigenvalue weighted by atomic mass is 10.0. The molecular weight excluding hydrogens is 442 g/mol. The lowest BCUT2D eigenvalue weighted by Crippen LogP contribution is -2.39. The number of benzene rings is 2. The molecule has 1 heterocycles. The van der Waals surface area contributed by atoms with Gasteiger partial charge in [-0.3, -0.25) is 14.8 Å². The van der Waals surface area contributed by atoms with Gasteiger partial charge < -0.3 is 0 Å². The normalized spacial score (nSPS) is 18.0. The van der Waals surface area contributed by atoms with Crippen molar-refractivity contribution >= 4 is 31.4 Å². The molecule has 31 heavy (non-hydrogen) atoms. The van der Waals surface area contributed by atoms with E-state index < -0.39 is 25.0 Å². The molecule has 1 unspecified atom stereocenters. The highest BCUT2D eigenvalue weighted by Gasteiger charge is 2.29. The van der Waals surface area contributed by atoms with Crippen LogP contribution in [0.1, 0.15) is 30.9 Å². The number of hydrogen-bond acceptors (Lipinski definition) is 6. The van der Waals surface area contributed by atoms with Crippen molar-refractivity contribution in [3.8, 4) is 0 Å². The number of sulfonamides is 2. The average molecular weight is 468 g/mol. The van der Waals surface area contributed by atoms with E-state index in [0.717, 1.165) is 18.9 Å². The van der Waals surface area contributed by atoms with E-state index >= 15 is 0 Å². The fraction of sp³-hybridized carbons (Fsp3) is 0.400. The van der Waals surface area contributed by atoms with E-state index in [1.165, 1.54) is 34.6 Å². The topological polar surface area (TPSA) is 127 Å². The van der Waals surface area contributed by atoms with Gasteiger partial charge in [0.2, 0.25) is 10.0 Å². The van der Waals surface area contributed by atoms with E-state index in [-0.39, 0.29) is 27.1 Å². The maximum atomic E-state index is 12.9. The van der Waals surface area contributed by atoms with Crippen LogP contribution in [-0.2, 0) is 20.0 Å². The first-order chi connectivity index (χ1) is 14.4. The predicted molar refractivity (Wildman–Crippen MR) is 117 cm³/mol. The smallest absolute Gasteiger partial charge is 0.271 e. The van der Waals surface area contributed by atoms with Crippen molar-refractivity contribution < 1.29 is 21.8 Å². The Hall–Kier alpha value is -2.50. The molecule has 1 fully saturated rings. The van der Waals surface area contributed by atoms with E-state index in [2.05, 4.69) is 4.72 Å². The second-order valence-corrected chi connectivity index (χ2v) is 11.5. The van der Waals surface area contributed by atoms with Gasteiger partial charge in [-0.05, 0) is 68.0 Å². The summed E-state index contributed by atoms with van der Waals surface area (Å²) in [6.07, 6.45) is 1.80. The van der Waals surface area contributed by atoms with Gasteiger partial charge in [0.1, 0.15) is 0 Å². The highest BCUT2D eigenvalue weighted by atomic mass is 32.2.